The van der Waals surface area contributed by atoms with Crippen LogP contribution in [0.15, 0.2) is 58.4 Å². The fourth-order valence-electron chi connectivity index (χ4n) is 2.85. The first-order chi connectivity index (χ1) is 14.1. The van der Waals surface area contributed by atoms with Crippen molar-refractivity contribution in [2.45, 2.75) is 19.9 Å². The summed E-state index contributed by atoms with van der Waals surface area (Å²) in [6.07, 6.45) is 2.30. The van der Waals surface area contributed by atoms with E-state index in [0.29, 0.717) is 42.1 Å². The number of carbonyl (C=O) groups is 1. The second-order valence-electron chi connectivity index (χ2n) is 6.43. The monoisotopic (exact) mass is 393 g/mol. The second-order valence-corrected chi connectivity index (χ2v) is 6.43. The van der Waals surface area contributed by atoms with Crippen LogP contribution in [-0.4, -0.2) is 35.4 Å². The Balaban J connectivity index is 1.82. The van der Waals surface area contributed by atoms with Crippen LogP contribution in [-0.2, 0) is 16.1 Å². The lowest BCUT2D eigenvalue weighted by molar-refractivity contribution is -0.114. The van der Waals surface area contributed by atoms with Gasteiger partial charge in [0.1, 0.15) is 0 Å². The molecule has 2 aromatic carbocycles. The molecule has 0 radical (unpaired) electrons. The fourth-order valence-corrected chi connectivity index (χ4v) is 2.85. The highest BCUT2D eigenvalue weighted by atomic mass is 16.5. The van der Waals surface area contributed by atoms with Gasteiger partial charge in [-0.15, -0.1) is 0 Å². The van der Waals surface area contributed by atoms with E-state index in [4.69, 9.17) is 4.74 Å². The zero-order chi connectivity index (χ0) is 20.6. The topological polar surface area (TPSA) is 97.6 Å². The Bertz CT molecular complexity index is 1070. The summed E-state index contributed by atoms with van der Waals surface area (Å²) in [4.78, 5) is 28.5. The molecule has 2 N–H and O–H groups in total. The van der Waals surface area contributed by atoms with Crippen LogP contribution < -0.4 is 16.3 Å². The Hall–Kier alpha value is -3.52. The molecule has 3 rings (SSSR count). The number of aromatic nitrogens is 2. The van der Waals surface area contributed by atoms with Crippen LogP contribution >= 0.6 is 0 Å². The average Bonchev–Trinajstić information content (AvgIpc) is 2.71. The Labute approximate surface area is 168 Å². The number of methoxy groups -OCH3 is 1. The zero-order valence-electron chi connectivity index (χ0n) is 16.4. The molecule has 0 atom stereocenters. The standard InChI is InChI=1S/C21H23N5O3/c1-15(27)23-17-10-8-16(9-11-17)14-22-25-21-24-19-7-4-3-6-18(19)20(28)26(21)12-5-13-29-2/h3-4,6-11,14H,5,12-13H2,1-2H3,(H,23,27)(H,24,25)/b22-14-. The first kappa shape index (κ1) is 20.2. The van der Waals surface area contributed by atoms with E-state index < -0.39 is 0 Å². The Morgan fingerprint density at radius 2 is 1.97 bits per heavy atom. The molecule has 1 aromatic heterocycles. The molecular weight excluding hydrogens is 370 g/mol. The van der Waals surface area contributed by atoms with E-state index in [1.165, 1.54) is 6.92 Å². The SMILES string of the molecule is COCCCn1c(N/N=C\c2ccc(NC(C)=O)cc2)nc2ccccc2c1=O. The van der Waals surface area contributed by atoms with Gasteiger partial charge in [0.25, 0.3) is 5.56 Å². The summed E-state index contributed by atoms with van der Waals surface area (Å²) in [5.41, 5.74) is 4.91. The molecule has 29 heavy (non-hydrogen) atoms. The molecule has 0 aliphatic carbocycles. The van der Waals surface area contributed by atoms with Gasteiger partial charge in [0.2, 0.25) is 11.9 Å². The first-order valence-electron chi connectivity index (χ1n) is 9.24. The highest BCUT2D eigenvalue weighted by molar-refractivity contribution is 5.89. The number of anilines is 2. The number of hydrogen-bond donors (Lipinski definition) is 2. The normalized spacial score (nSPS) is 11.1. The summed E-state index contributed by atoms with van der Waals surface area (Å²) in [5.74, 6) is 0.248. The number of ether oxygens (including phenoxy) is 1. The number of hydrazone groups is 1. The summed E-state index contributed by atoms with van der Waals surface area (Å²) in [6, 6.07) is 14.5. The molecule has 3 aromatic rings. The minimum Gasteiger partial charge on any atom is -0.385 e. The lowest BCUT2D eigenvalue weighted by Gasteiger charge is -2.12. The Morgan fingerprint density at radius 1 is 1.21 bits per heavy atom. The minimum atomic E-state index is -0.123. The Morgan fingerprint density at radius 3 is 2.69 bits per heavy atom. The molecule has 0 bridgehead atoms. The third-order valence-electron chi connectivity index (χ3n) is 4.20. The summed E-state index contributed by atoms with van der Waals surface area (Å²) in [7, 11) is 1.63. The van der Waals surface area contributed by atoms with Gasteiger partial charge in [-0.1, -0.05) is 24.3 Å². The summed E-state index contributed by atoms with van der Waals surface area (Å²) < 4.78 is 6.66. The molecule has 0 fully saturated rings. The van der Waals surface area contributed by atoms with Gasteiger partial charge < -0.3 is 10.1 Å². The average molecular weight is 393 g/mol. The third-order valence-corrected chi connectivity index (χ3v) is 4.20. The van der Waals surface area contributed by atoms with E-state index in [0.717, 1.165) is 5.56 Å². The van der Waals surface area contributed by atoms with Crippen molar-refractivity contribution >= 4 is 34.7 Å². The number of hydrogen-bond acceptors (Lipinski definition) is 6. The smallest absolute Gasteiger partial charge is 0.262 e. The van der Waals surface area contributed by atoms with Crippen LogP contribution in [0.2, 0.25) is 0 Å². The minimum absolute atomic E-state index is 0.121. The zero-order valence-corrected chi connectivity index (χ0v) is 16.4. The summed E-state index contributed by atoms with van der Waals surface area (Å²) in [6.45, 7) is 2.47. The van der Waals surface area contributed by atoms with Gasteiger partial charge >= 0.3 is 0 Å². The molecule has 0 saturated carbocycles. The molecule has 150 valence electrons. The molecule has 0 aliphatic heterocycles. The van der Waals surface area contributed by atoms with Crippen molar-refractivity contribution in [3.8, 4) is 0 Å². The van der Waals surface area contributed by atoms with Crippen molar-refractivity contribution < 1.29 is 9.53 Å². The fraction of sp³-hybridized carbons (Fsp3) is 0.238. The van der Waals surface area contributed by atoms with Crippen molar-refractivity contribution in [3.63, 3.8) is 0 Å². The summed E-state index contributed by atoms with van der Waals surface area (Å²) >= 11 is 0. The van der Waals surface area contributed by atoms with Gasteiger partial charge in [-0.05, 0) is 36.2 Å². The largest absolute Gasteiger partial charge is 0.385 e. The molecule has 0 aliphatic rings. The number of para-hydroxylation sites is 1. The summed E-state index contributed by atoms with van der Waals surface area (Å²) in [5, 5.41) is 7.50. The number of carbonyl (C=O) groups excluding carboxylic acids is 1. The number of rotatable bonds is 8. The van der Waals surface area contributed by atoms with Crippen LogP contribution in [0.3, 0.4) is 0 Å². The van der Waals surface area contributed by atoms with Crippen molar-refractivity contribution in [3.05, 3.63) is 64.4 Å². The van der Waals surface area contributed by atoms with Gasteiger partial charge in [-0.3, -0.25) is 14.2 Å². The van der Waals surface area contributed by atoms with Gasteiger partial charge in [0.05, 0.1) is 17.1 Å². The van der Waals surface area contributed by atoms with E-state index in [1.54, 1.807) is 42.2 Å². The molecule has 1 heterocycles. The van der Waals surface area contributed by atoms with E-state index in [9.17, 15) is 9.59 Å². The van der Waals surface area contributed by atoms with Crippen LogP contribution in [0, 0.1) is 0 Å². The molecule has 1 amide bonds. The van der Waals surface area contributed by atoms with Crippen LogP contribution in [0.1, 0.15) is 18.9 Å². The second kappa shape index (κ2) is 9.61. The maximum absolute atomic E-state index is 12.9. The Kier molecular flexibility index (Phi) is 6.70. The van der Waals surface area contributed by atoms with Crippen LogP contribution in [0.4, 0.5) is 11.6 Å². The van der Waals surface area contributed by atoms with Gasteiger partial charge in [0, 0.05) is 32.9 Å². The number of fused-ring (bicyclic) bond motifs is 1. The number of nitrogens with zero attached hydrogens (tertiary/aromatic N) is 3. The number of nitrogens with one attached hydrogen (secondary N) is 2. The highest BCUT2D eigenvalue weighted by Gasteiger charge is 2.10. The molecule has 0 saturated heterocycles. The van der Waals surface area contributed by atoms with E-state index in [1.807, 2.05) is 24.3 Å². The number of benzene rings is 2. The highest BCUT2D eigenvalue weighted by Crippen LogP contribution is 2.12. The van der Waals surface area contributed by atoms with Crippen molar-refractivity contribution in [1.82, 2.24) is 9.55 Å². The van der Waals surface area contributed by atoms with Crippen molar-refractivity contribution in [1.29, 1.82) is 0 Å². The van der Waals surface area contributed by atoms with Gasteiger partial charge in [-0.25, -0.2) is 10.4 Å². The maximum Gasteiger partial charge on any atom is 0.262 e. The molecule has 8 nitrogen and oxygen atoms in total. The third kappa shape index (κ3) is 5.26. The molecule has 8 heteroatoms. The predicted molar refractivity (Wildman–Crippen MR) is 114 cm³/mol. The first-order valence-corrected chi connectivity index (χ1v) is 9.24. The predicted octanol–water partition coefficient (Wildman–Crippen LogP) is 2.84. The van der Waals surface area contributed by atoms with Gasteiger partial charge in [0.15, 0.2) is 0 Å². The van der Waals surface area contributed by atoms with E-state index in [2.05, 4.69) is 20.8 Å². The molecule has 0 spiro atoms. The van der Waals surface area contributed by atoms with Crippen molar-refractivity contribution in [2.75, 3.05) is 24.5 Å². The van der Waals surface area contributed by atoms with Crippen LogP contribution in [0.25, 0.3) is 10.9 Å². The quantitative estimate of drug-likeness (QED) is 0.348. The molecular formula is C21H23N5O3. The van der Waals surface area contributed by atoms with Gasteiger partial charge in [-0.2, -0.15) is 5.10 Å². The number of amides is 1. The van der Waals surface area contributed by atoms with E-state index in [-0.39, 0.29) is 11.5 Å². The molecule has 0 unspecified atom stereocenters. The lowest BCUT2D eigenvalue weighted by atomic mass is 10.2. The lowest BCUT2D eigenvalue weighted by Crippen LogP contribution is -2.24. The van der Waals surface area contributed by atoms with E-state index >= 15 is 0 Å². The van der Waals surface area contributed by atoms with Crippen molar-refractivity contribution in [2.24, 2.45) is 5.10 Å². The van der Waals surface area contributed by atoms with Crippen LogP contribution in [0.5, 0.6) is 0 Å². The maximum atomic E-state index is 12.9.